The maximum Gasteiger partial charge on any atom is 0.114 e. The van der Waals surface area contributed by atoms with Gasteiger partial charge < -0.3 is 10.2 Å². The highest BCUT2D eigenvalue weighted by molar-refractivity contribution is 8.00. The maximum absolute atomic E-state index is 6.33. The Balaban J connectivity index is 1.72. The molecule has 106 valence electrons. The number of rotatable bonds is 3. The molecule has 2 N–H and O–H groups in total. The average molecular weight is 287 g/mol. The van der Waals surface area contributed by atoms with E-state index in [2.05, 4.69) is 36.4 Å². The first-order valence-corrected chi connectivity index (χ1v) is 8.13. The summed E-state index contributed by atoms with van der Waals surface area (Å²) in [6.07, 6.45) is 5.22. The van der Waals surface area contributed by atoms with E-state index >= 15 is 0 Å². The van der Waals surface area contributed by atoms with Gasteiger partial charge in [0.15, 0.2) is 0 Å². The molecule has 0 spiro atoms. The van der Waals surface area contributed by atoms with Crippen molar-refractivity contribution in [3.8, 4) is 0 Å². The van der Waals surface area contributed by atoms with Crippen LogP contribution in [-0.2, 0) is 0 Å². The lowest BCUT2D eigenvalue weighted by molar-refractivity contribution is 0.406. The molecule has 0 amide bonds. The number of benzene rings is 1. The first-order chi connectivity index (χ1) is 9.74. The van der Waals surface area contributed by atoms with Gasteiger partial charge in [-0.1, -0.05) is 30.3 Å². The summed E-state index contributed by atoms with van der Waals surface area (Å²) in [7, 11) is 0. The number of furan rings is 1. The molecule has 1 aromatic carbocycles. The Hall–Kier alpha value is -1.19. The Morgan fingerprint density at radius 3 is 2.65 bits per heavy atom. The maximum atomic E-state index is 6.33. The molecule has 3 rings (SSSR count). The monoisotopic (exact) mass is 287 g/mol. The summed E-state index contributed by atoms with van der Waals surface area (Å²) in [6, 6.07) is 13.2. The Kier molecular flexibility index (Phi) is 4.18. The molecule has 0 bridgehead atoms. The van der Waals surface area contributed by atoms with Crippen LogP contribution in [-0.4, -0.2) is 11.3 Å². The van der Waals surface area contributed by atoms with E-state index in [0.717, 1.165) is 18.6 Å². The summed E-state index contributed by atoms with van der Waals surface area (Å²) in [5.41, 5.74) is 7.79. The number of aryl methyl sites for hydroxylation is 1. The van der Waals surface area contributed by atoms with E-state index in [-0.39, 0.29) is 6.04 Å². The third-order valence-electron chi connectivity index (χ3n) is 4.20. The molecule has 1 saturated carbocycles. The van der Waals surface area contributed by atoms with Gasteiger partial charge in [0.1, 0.15) is 5.76 Å². The second kappa shape index (κ2) is 6.06. The molecule has 20 heavy (non-hydrogen) atoms. The number of hydrogen-bond donors (Lipinski definition) is 1. The lowest BCUT2D eigenvalue weighted by atomic mass is 9.82. The van der Waals surface area contributed by atoms with Gasteiger partial charge in [0.2, 0.25) is 0 Å². The predicted octanol–water partition coefficient (Wildman–Crippen LogP) is 4.34. The van der Waals surface area contributed by atoms with Crippen LogP contribution in [0.15, 0.2) is 52.0 Å². The van der Waals surface area contributed by atoms with E-state index in [9.17, 15) is 0 Å². The van der Waals surface area contributed by atoms with Gasteiger partial charge in [-0.25, -0.2) is 0 Å². The zero-order chi connectivity index (χ0) is 13.9. The molecule has 1 aliphatic carbocycles. The molecule has 3 heteroatoms. The van der Waals surface area contributed by atoms with Crippen LogP contribution in [0.5, 0.6) is 0 Å². The largest absolute Gasteiger partial charge is 0.468 e. The fourth-order valence-corrected chi connectivity index (χ4v) is 4.29. The highest BCUT2D eigenvalue weighted by atomic mass is 32.2. The van der Waals surface area contributed by atoms with E-state index in [1.165, 1.54) is 16.9 Å². The van der Waals surface area contributed by atoms with Crippen LogP contribution < -0.4 is 5.73 Å². The van der Waals surface area contributed by atoms with E-state index < -0.39 is 0 Å². The molecular formula is C17H21NOS. The van der Waals surface area contributed by atoms with E-state index in [4.69, 9.17) is 10.2 Å². The number of hydrogen-bond acceptors (Lipinski definition) is 3. The lowest BCUT2D eigenvalue weighted by Gasteiger charge is -2.33. The van der Waals surface area contributed by atoms with Gasteiger partial charge in [0.05, 0.1) is 6.26 Å². The molecule has 0 radical (unpaired) electrons. The molecule has 1 fully saturated rings. The van der Waals surface area contributed by atoms with Crippen LogP contribution in [0.4, 0.5) is 0 Å². The quantitative estimate of drug-likeness (QED) is 0.912. The molecular weight excluding hydrogens is 266 g/mol. The number of thioether (sulfide) groups is 1. The normalized spacial score (nSPS) is 26.6. The molecule has 2 nitrogen and oxygen atoms in total. The minimum atomic E-state index is 0.286. The number of nitrogens with two attached hydrogens (primary N) is 1. The minimum Gasteiger partial charge on any atom is -0.468 e. The van der Waals surface area contributed by atoms with Crippen molar-refractivity contribution >= 4 is 11.8 Å². The fraction of sp³-hybridized carbons (Fsp3) is 0.412. The predicted molar refractivity (Wildman–Crippen MR) is 84.1 cm³/mol. The molecule has 2 aromatic rings. The second-order valence-electron chi connectivity index (χ2n) is 5.58. The van der Waals surface area contributed by atoms with Crippen LogP contribution >= 0.6 is 11.8 Å². The van der Waals surface area contributed by atoms with Crippen molar-refractivity contribution in [2.24, 2.45) is 5.73 Å². The first-order valence-electron chi connectivity index (χ1n) is 7.25. The third kappa shape index (κ3) is 2.94. The Labute approximate surface area is 124 Å². The van der Waals surface area contributed by atoms with Crippen molar-refractivity contribution < 1.29 is 4.42 Å². The van der Waals surface area contributed by atoms with E-state index in [0.29, 0.717) is 11.2 Å². The highest BCUT2D eigenvalue weighted by Crippen LogP contribution is 2.41. The van der Waals surface area contributed by atoms with Crippen molar-refractivity contribution in [1.82, 2.24) is 0 Å². The standard InChI is InChI=1S/C17H21NOS/c1-12-16(9-10-19-12)20-17-11-14(7-8-15(17)18)13-5-3-2-4-6-13/h2-6,9-10,14-15,17H,7-8,11,18H2,1H3. The fourth-order valence-electron chi connectivity index (χ4n) is 2.97. The van der Waals surface area contributed by atoms with Crippen molar-refractivity contribution in [2.45, 2.75) is 48.3 Å². The van der Waals surface area contributed by atoms with E-state index in [1.807, 2.05) is 18.7 Å². The minimum absolute atomic E-state index is 0.286. The van der Waals surface area contributed by atoms with Crippen LogP contribution in [0.1, 0.15) is 36.5 Å². The van der Waals surface area contributed by atoms with Gasteiger partial charge in [-0.3, -0.25) is 0 Å². The van der Waals surface area contributed by atoms with Gasteiger partial charge >= 0.3 is 0 Å². The van der Waals surface area contributed by atoms with Crippen LogP contribution in [0.25, 0.3) is 0 Å². The van der Waals surface area contributed by atoms with Gasteiger partial charge in [-0.15, -0.1) is 11.8 Å². The van der Waals surface area contributed by atoms with Crippen molar-refractivity contribution in [1.29, 1.82) is 0 Å². The van der Waals surface area contributed by atoms with Gasteiger partial charge in [-0.2, -0.15) is 0 Å². The zero-order valence-electron chi connectivity index (χ0n) is 11.8. The molecule has 0 saturated heterocycles. The zero-order valence-corrected chi connectivity index (χ0v) is 12.6. The first kappa shape index (κ1) is 13.8. The van der Waals surface area contributed by atoms with Crippen LogP contribution in [0, 0.1) is 6.92 Å². The third-order valence-corrected chi connectivity index (χ3v) is 5.73. The Morgan fingerprint density at radius 2 is 1.95 bits per heavy atom. The van der Waals surface area contributed by atoms with Crippen molar-refractivity contribution in [2.75, 3.05) is 0 Å². The Morgan fingerprint density at radius 1 is 1.15 bits per heavy atom. The summed E-state index contributed by atoms with van der Waals surface area (Å²) in [6.45, 7) is 2.02. The summed E-state index contributed by atoms with van der Waals surface area (Å²) in [5.74, 6) is 1.64. The molecule has 3 atom stereocenters. The van der Waals surface area contributed by atoms with Gasteiger partial charge in [0, 0.05) is 16.2 Å². The lowest BCUT2D eigenvalue weighted by Crippen LogP contribution is -2.37. The molecule has 1 heterocycles. The van der Waals surface area contributed by atoms with Crippen LogP contribution in [0.2, 0.25) is 0 Å². The van der Waals surface area contributed by atoms with Gasteiger partial charge in [0.25, 0.3) is 0 Å². The average Bonchev–Trinajstić information content (AvgIpc) is 2.88. The van der Waals surface area contributed by atoms with Crippen molar-refractivity contribution in [3.63, 3.8) is 0 Å². The topological polar surface area (TPSA) is 39.2 Å². The molecule has 1 aliphatic rings. The summed E-state index contributed by atoms with van der Waals surface area (Å²) in [4.78, 5) is 1.24. The van der Waals surface area contributed by atoms with Crippen molar-refractivity contribution in [3.05, 3.63) is 54.0 Å². The smallest absolute Gasteiger partial charge is 0.114 e. The SMILES string of the molecule is Cc1occc1SC1CC(c2ccccc2)CCC1N. The second-order valence-corrected chi connectivity index (χ2v) is 6.86. The van der Waals surface area contributed by atoms with Gasteiger partial charge in [-0.05, 0) is 43.7 Å². The molecule has 3 unspecified atom stereocenters. The molecule has 1 aromatic heterocycles. The summed E-state index contributed by atoms with van der Waals surface area (Å²) >= 11 is 1.89. The van der Waals surface area contributed by atoms with E-state index in [1.54, 1.807) is 6.26 Å². The highest BCUT2D eigenvalue weighted by Gasteiger charge is 2.30. The summed E-state index contributed by atoms with van der Waals surface area (Å²) in [5, 5.41) is 0.477. The summed E-state index contributed by atoms with van der Waals surface area (Å²) < 4.78 is 5.39. The molecule has 0 aliphatic heterocycles. The Bertz CT molecular complexity index is 551. The van der Waals surface area contributed by atoms with Crippen LogP contribution in [0.3, 0.4) is 0 Å².